The predicted octanol–water partition coefficient (Wildman–Crippen LogP) is 5.19. The van der Waals surface area contributed by atoms with E-state index in [0.29, 0.717) is 29.5 Å². The molecular formula is C19H23F3N4S. The van der Waals surface area contributed by atoms with Crippen LogP contribution in [-0.4, -0.2) is 18.7 Å². The first-order valence-corrected chi connectivity index (χ1v) is 8.82. The van der Waals surface area contributed by atoms with Gasteiger partial charge in [0, 0.05) is 36.3 Å². The second kappa shape index (κ2) is 8.47. The molecule has 8 heteroatoms. The Morgan fingerprint density at radius 3 is 2.22 bits per heavy atom. The van der Waals surface area contributed by atoms with Gasteiger partial charge in [0.15, 0.2) is 5.11 Å². The Balaban J connectivity index is 2.23. The van der Waals surface area contributed by atoms with Crippen LogP contribution in [0.15, 0.2) is 42.5 Å². The van der Waals surface area contributed by atoms with Crippen LogP contribution in [0.1, 0.15) is 19.4 Å². The number of benzene rings is 2. The Kier molecular flexibility index (Phi) is 6.54. The summed E-state index contributed by atoms with van der Waals surface area (Å²) in [4.78, 5) is 1.79. The van der Waals surface area contributed by atoms with Crippen LogP contribution in [0.25, 0.3) is 0 Å². The number of nitrogen functional groups attached to an aromatic ring is 1. The van der Waals surface area contributed by atoms with Crippen molar-refractivity contribution in [1.82, 2.24) is 0 Å². The summed E-state index contributed by atoms with van der Waals surface area (Å²) in [6.07, 6.45) is -4.45. The van der Waals surface area contributed by atoms with Crippen LogP contribution in [0.3, 0.4) is 0 Å². The monoisotopic (exact) mass is 396 g/mol. The van der Waals surface area contributed by atoms with E-state index in [1.807, 2.05) is 13.8 Å². The second-order valence-corrected chi connectivity index (χ2v) is 7.15. The first-order chi connectivity index (χ1) is 12.5. The highest BCUT2D eigenvalue weighted by Crippen LogP contribution is 2.34. The third-order valence-electron chi connectivity index (χ3n) is 3.75. The van der Waals surface area contributed by atoms with Crippen molar-refractivity contribution in [2.24, 2.45) is 5.92 Å². The van der Waals surface area contributed by atoms with Crippen LogP contribution >= 0.6 is 12.2 Å². The molecule has 0 aliphatic heterocycles. The third kappa shape index (κ3) is 6.32. The molecule has 2 aromatic rings. The molecule has 0 aliphatic rings. The molecule has 0 fully saturated rings. The summed E-state index contributed by atoms with van der Waals surface area (Å²) in [5.41, 5.74) is 6.93. The van der Waals surface area contributed by atoms with Crippen molar-refractivity contribution in [1.29, 1.82) is 0 Å². The van der Waals surface area contributed by atoms with E-state index in [2.05, 4.69) is 10.6 Å². The van der Waals surface area contributed by atoms with Gasteiger partial charge in [0.05, 0.1) is 5.56 Å². The van der Waals surface area contributed by atoms with Gasteiger partial charge in [-0.25, -0.2) is 0 Å². The van der Waals surface area contributed by atoms with Crippen molar-refractivity contribution in [2.75, 3.05) is 34.9 Å². The van der Waals surface area contributed by atoms with E-state index in [1.165, 1.54) is 0 Å². The van der Waals surface area contributed by atoms with Gasteiger partial charge in [-0.15, -0.1) is 0 Å². The number of thiocarbonyl (C=S) groups is 1. The van der Waals surface area contributed by atoms with E-state index in [0.717, 1.165) is 12.1 Å². The van der Waals surface area contributed by atoms with Gasteiger partial charge >= 0.3 is 6.18 Å². The molecule has 4 N–H and O–H groups in total. The average Bonchev–Trinajstić information content (AvgIpc) is 2.55. The number of nitrogens with one attached hydrogen (secondary N) is 2. The van der Waals surface area contributed by atoms with Crippen LogP contribution in [-0.2, 0) is 6.18 Å². The lowest BCUT2D eigenvalue weighted by Crippen LogP contribution is -2.24. The van der Waals surface area contributed by atoms with Crippen molar-refractivity contribution < 1.29 is 13.2 Å². The summed E-state index contributed by atoms with van der Waals surface area (Å²) in [6.45, 7) is 4.65. The normalized spacial score (nSPS) is 11.4. The SMILES string of the molecule is CC(C)CN(C)c1cc(NC(=S)Nc2ccc(N)cc2)cc(C(F)(F)F)c1. The van der Waals surface area contributed by atoms with Crippen LogP contribution in [0.4, 0.5) is 35.9 Å². The minimum Gasteiger partial charge on any atom is -0.399 e. The van der Waals surface area contributed by atoms with Gasteiger partial charge in [-0.3, -0.25) is 0 Å². The highest BCUT2D eigenvalue weighted by molar-refractivity contribution is 7.80. The minimum atomic E-state index is -4.45. The number of alkyl halides is 3. The average molecular weight is 396 g/mol. The zero-order valence-corrected chi connectivity index (χ0v) is 16.2. The molecule has 146 valence electrons. The standard InChI is InChI=1S/C19H23F3N4S/c1-12(2)11-26(3)17-9-13(19(20,21)22)8-16(10-17)25-18(27)24-15-6-4-14(23)5-7-15/h4-10,12H,11,23H2,1-3H3,(H2,24,25,27). The van der Waals surface area contributed by atoms with Gasteiger partial charge in [-0.05, 0) is 60.6 Å². The number of halogens is 3. The minimum absolute atomic E-state index is 0.191. The van der Waals surface area contributed by atoms with Gasteiger partial charge in [-0.2, -0.15) is 13.2 Å². The fourth-order valence-corrected chi connectivity index (χ4v) is 2.82. The van der Waals surface area contributed by atoms with Crippen LogP contribution in [0.5, 0.6) is 0 Å². The molecule has 0 aliphatic carbocycles. The van der Waals surface area contributed by atoms with Crippen molar-refractivity contribution in [3.63, 3.8) is 0 Å². The lowest BCUT2D eigenvalue weighted by Gasteiger charge is -2.24. The summed E-state index contributed by atoms with van der Waals surface area (Å²) in [5, 5.41) is 5.95. The number of nitrogens with zero attached hydrogens (tertiary/aromatic N) is 1. The van der Waals surface area contributed by atoms with Gasteiger partial charge < -0.3 is 21.3 Å². The number of rotatable bonds is 5. The maximum Gasteiger partial charge on any atom is 0.416 e. The first kappa shape index (κ1) is 20.8. The zero-order valence-electron chi connectivity index (χ0n) is 15.4. The van der Waals surface area contributed by atoms with Crippen molar-refractivity contribution >= 4 is 40.1 Å². The Morgan fingerprint density at radius 2 is 1.67 bits per heavy atom. The van der Waals surface area contributed by atoms with Crippen LogP contribution in [0, 0.1) is 5.92 Å². The van der Waals surface area contributed by atoms with E-state index in [9.17, 15) is 13.2 Å². The summed E-state index contributed by atoms with van der Waals surface area (Å²) >= 11 is 5.22. The molecule has 2 rings (SSSR count). The molecule has 0 heterocycles. The molecule has 2 aromatic carbocycles. The smallest absolute Gasteiger partial charge is 0.399 e. The van der Waals surface area contributed by atoms with E-state index >= 15 is 0 Å². The predicted molar refractivity (Wildman–Crippen MR) is 110 cm³/mol. The number of hydrogen-bond acceptors (Lipinski definition) is 3. The topological polar surface area (TPSA) is 53.3 Å². The van der Waals surface area contributed by atoms with Crippen LogP contribution < -0.4 is 21.3 Å². The maximum atomic E-state index is 13.3. The number of anilines is 4. The summed E-state index contributed by atoms with van der Waals surface area (Å²) in [5.74, 6) is 0.314. The second-order valence-electron chi connectivity index (χ2n) is 6.74. The third-order valence-corrected chi connectivity index (χ3v) is 3.96. The van der Waals surface area contributed by atoms with E-state index in [-0.39, 0.29) is 10.8 Å². The molecule has 0 atom stereocenters. The molecule has 4 nitrogen and oxygen atoms in total. The van der Waals surface area contributed by atoms with Gasteiger partial charge in [0.1, 0.15) is 0 Å². The molecule has 0 unspecified atom stereocenters. The fraction of sp³-hybridized carbons (Fsp3) is 0.316. The Hall–Kier alpha value is -2.48. The lowest BCUT2D eigenvalue weighted by atomic mass is 10.1. The molecule has 0 amide bonds. The Labute approximate surface area is 162 Å². The summed E-state index contributed by atoms with van der Waals surface area (Å²) < 4.78 is 39.9. The van der Waals surface area contributed by atoms with Crippen molar-refractivity contribution in [2.45, 2.75) is 20.0 Å². The molecular weight excluding hydrogens is 373 g/mol. The summed E-state index contributed by atoms with van der Waals surface area (Å²) in [7, 11) is 1.77. The summed E-state index contributed by atoms with van der Waals surface area (Å²) in [6, 6.07) is 10.7. The van der Waals surface area contributed by atoms with E-state index < -0.39 is 11.7 Å². The zero-order chi connectivity index (χ0) is 20.2. The van der Waals surface area contributed by atoms with E-state index in [1.54, 1.807) is 42.3 Å². The quantitative estimate of drug-likeness (QED) is 0.480. The number of nitrogens with two attached hydrogens (primary N) is 1. The molecule has 0 aromatic heterocycles. The lowest BCUT2D eigenvalue weighted by molar-refractivity contribution is -0.137. The Bertz CT molecular complexity index is 789. The van der Waals surface area contributed by atoms with Crippen molar-refractivity contribution in [3.8, 4) is 0 Å². The maximum absolute atomic E-state index is 13.3. The van der Waals surface area contributed by atoms with E-state index in [4.69, 9.17) is 18.0 Å². The van der Waals surface area contributed by atoms with Gasteiger partial charge in [0.2, 0.25) is 0 Å². The molecule has 0 spiro atoms. The molecule has 0 radical (unpaired) electrons. The highest BCUT2D eigenvalue weighted by atomic mass is 32.1. The van der Waals surface area contributed by atoms with Crippen LogP contribution in [0.2, 0.25) is 0 Å². The number of hydrogen-bond donors (Lipinski definition) is 3. The molecule has 0 saturated heterocycles. The first-order valence-electron chi connectivity index (χ1n) is 8.41. The highest BCUT2D eigenvalue weighted by Gasteiger charge is 2.31. The largest absolute Gasteiger partial charge is 0.416 e. The van der Waals surface area contributed by atoms with Gasteiger partial charge in [0.25, 0.3) is 0 Å². The van der Waals surface area contributed by atoms with Gasteiger partial charge in [-0.1, -0.05) is 13.8 Å². The fourth-order valence-electron chi connectivity index (χ4n) is 2.58. The Morgan fingerprint density at radius 1 is 1.07 bits per heavy atom. The molecule has 27 heavy (non-hydrogen) atoms. The van der Waals surface area contributed by atoms with Crippen molar-refractivity contribution in [3.05, 3.63) is 48.0 Å². The molecule has 0 bridgehead atoms. The molecule has 0 saturated carbocycles.